The summed E-state index contributed by atoms with van der Waals surface area (Å²) in [5.41, 5.74) is 0. The van der Waals surface area contributed by atoms with Crippen molar-refractivity contribution in [1.29, 1.82) is 0 Å². The van der Waals surface area contributed by atoms with Crippen LogP contribution in [-0.2, 0) is 9.59 Å². The molecule has 1 saturated carbocycles. The molecule has 0 amide bonds. The molecule has 0 aromatic heterocycles. The zero-order valence-corrected chi connectivity index (χ0v) is 11.3. The van der Waals surface area contributed by atoms with Gasteiger partial charge in [0.2, 0.25) is 0 Å². The Kier molecular flexibility index (Phi) is 8.45. The summed E-state index contributed by atoms with van der Waals surface area (Å²) >= 11 is 0. The van der Waals surface area contributed by atoms with Gasteiger partial charge >= 0.3 is 30.8 Å². The number of hydrogen-bond acceptors (Lipinski definition) is 2. The molecule has 19 heavy (non-hydrogen) atoms. The molecule has 0 bridgehead atoms. The molecule has 2 unspecified atom stereocenters. The molecular formula is C14H25LiO4. The van der Waals surface area contributed by atoms with Crippen LogP contribution in [0.15, 0.2) is 0 Å². The fraction of sp³-hybridized carbons (Fsp3) is 0.857. The van der Waals surface area contributed by atoms with Crippen molar-refractivity contribution in [3.05, 3.63) is 0 Å². The number of hydrogen-bond donors (Lipinski definition) is 2. The first-order valence-electron chi connectivity index (χ1n) is 6.94. The van der Waals surface area contributed by atoms with E-state index in [1.54, 1.807) is 0 Å². The standard InChI is InChI=1S/C14H24O4.Li.H/c1-3-11(12(13(15)16)14(17)18)9(2)10-7-5-4-6-8-10;;/h9-12H,3-8H2,1-2H3,(H,15,16)(H,17,18);;. The van der Waals surface area contributed by atoms with Gasteiger partial charge < -0.3 is 10.2 Å². The number of rotatable bonds is 6. The number of carboxylic acid groups (broad SMARTS) is 2. The van der Waals surface area contributed by atoms with Gasteiger partial charge in [0.1, 0.15) is 0 Å². The second-order valence-electron chi connectivity index (χ2n) is 5.48. The zero-order valence-electron chi connectivity index (χ0n) is 11.3. The average Bonchev–Trinajstić information content (AvgIpc) is 2.35. The van der Waals surface area contributed by atoms with Crippen molar-refractivity contribution in [2.24, 2.45) is 23.7 Å². The summed E-state index contributed by atoms with van der Waals surface area (Å²) in [5, 5.41) is 18.2. The van der Waals surface area contributed by atoms with Crippen LogP contribution in [0.1, 0.15) is 52.4 Å². The first-order chi connectivity index (χ1) is 8.49. The molecule has 0 heterocycles. The Hall–Kier alpha value is -0.463. The van der Waals surface area contributed by atoms with E-state index in [4.69, 9.17) is 10.2 Å². The Morgan fingerprint density at radius 2 is 1.58 bits per heavy atom. The van der Waals surface area contributed by atoms with E-state index < -0.39 is 17.9 Å². The van der Waals surface area contributed by atoms with E-state index >= 15 is 0 Å². The molecule has 0 spiro atoms. The average molecular weight is 264 g/mol. The second kappa shape index (κ2) is 8.66. The topological polar surface area (TPSA) is 74.6 Å². The van der Waals surface area contributed by atoms with Crippen LogP contribution in [-0.4, -0.2) is 41.0 Å². The van der Waals surface area contributed by atoms with E-state index in [1.165, 1.54) is 19.3 Å². The second-order valence-corrected chi connectivity index (χ2v) is 5.48. The maximum atomic E-state index is 11.1. The molecule has 0 aliphatic heterocycles. The van der Waals surface area contributed by atoms with Crippen molar-refractivity contribution in [2.75, 3.05) is 0 Å². The van der Waals surface area contributed by atoms with Crippen LogP contribution in [0, 0.1) is 23.7 Å². The quantitative estimate of drug-likeness (QED) is 0.570. The van der Waals surface area contributed by atoms with Gasteiger partial charge in [0.25, 0.3) is 0 Å². The van der Waals surface area contributed by atoms with E-state index in [0.29, 0.717) is 12.3 Å². The number of carboxylic acids is 2. The molecule has 4 nitrogen and oxygen atoms in total. The van der Waals surface area contributed by atoms with Crippen molar-refractivity contribution in [3.8, 4) is 0 Å². The minimum absolute atomic E-state index is 0. The molecular weight excluding hydrogens is 239 g/mol. The third-order valence-electron chi connectivity index (χ3n) is 4.50. The summed E-state index contributed by atoms with van der Waals surface area (Å²) in [6, 6.07) is 0. The molecule has 0 saturated heterocycles. The van der Waals surface area contributed by atoms with Crippen molar-refractivity contribution < 1.29 is 19.8 Å². The number of aliphatic carboxylic acids is 2. The summed E-state index contributed by atoms with van der Waals surface area (Å²) in [5.74, 6) is -3.25. The van der Waals surface area contributed by atoms with E-state index in [2.05, 4.69) is 0 Å². The summed E-state index contributed by atoms with van der Waals surface area (Å²) in [6.07, 6.45) is 6.47. The van der Waals surface area contributed by atoms with Gasteiger partial charge in [-0.25, -0.2) is 0 Å². The van der Waals surface area contributed by atoms with Gasteiger partial charge in [0, 0.05) is 0 Å². The normalized spacial score (nSPS) is 19.5. The van der Waals surface area contributed by atoms with Crippen molar-refractivity contribution in [2.45, 2.75) is 52.4 Å². The van der Waals surface area contributed by atoms with Gasteiger partial charge in [0.05, 0.1) is 0 Å². The third kappa shape index (κ3) is 4.85. The fourth-order valence-corrected chi connectivity index (χ4v) is 3.39. The van der Waals surface area contributed by atoms with Crippen LogP contribution in [0.2, 0.25) is 0 Å². The van der Waals surface area contributed by atoms with Crippen LogP contribution < -0.4 is 0 Å². The first kappa shape index (κ1) is 18.5. The molecule has 0 aromatic rings. The van der Waals surface area contributed by atoms with Gasteiger partial charge in [-0.05, 0) is 17.8 Å². The molecule has 0 radical (unpaired) electrons. The Bertz CT molecular complexity index is 286. The van der Waals surface area contributed by atoms with Crippen LogP contribution in [0.5, 0.6) is 0 Å². The summed E-state index contributed by atoms with van der Waals surface area (Å²) < 4.78 is 0. The fourth-order valence-electron chi connectivity index (χ4n) is 3.39. The van der Waals surface area contributed by atoms with Crippen LogP contribution >= 0.6 is 0 Å². The predicted octanol–water partition coefficient (Wildman–Crippen LogP) is 2.37. The minimum atomic E-state index is -1.26. The van der Waals surface area contributed by atoms with Crippen LogP contribution in [0.3, 0.4) is 0 Å². The Morgan fingerprint density at radius 1 is 1.11 bits per heavy atom. The molecule has 5 heteroatoms. The summed E-state index contributed by atoms with van der Waals surface area (Å²) in [7, 11) is 0. The van der Waals surface area contributed by atoms with Crippen molar-refractivity contribution >= 4 is 30.8 Å². The zero-order chi connectivity index (χ0) is 13.7. The predicted molar refractivity (Wildman–Crippen MR) is 75.4 cm³/mol. The Balaban J connectivity index is 0.00000324. The maximum absolute atomic E-state index is 11.1. The molecule has 1 rings (SSSR count). The SMILES string of the molecule is CCC(C(C(=O)O)C(=O)O)C(C)C1CCCCC1.[LiH]. The van der Waals surface area contributed by atoms with Gasteiger partial charge in [-0.2, -0.15) is 0 Å². The summed E-state index contributed by atoms with van der Waals surface area (Å²) in [6.45, 7) is 3.92. The van der Waals surface area contributed by atoms with Gasteiger partial charge in [0.15, 0.2) is 5.92 Å². The van der Waals surface area contributed by atoms with Crippen molar-refractivity contribution in [3.63, 3.8) is 0 Å². The molecule has 1 fully saturated rings. The third-order valence-corrected chi connectivity index (χ3v) is 4.50. The van der Waals surface area contributed by atoms with Crippen LogP contribution in [0.4, 0.5) is 0 Å². The van der Waals surface area contributed by atoms with Gasteiger partial charge in [-0.1, -0.05) is 52.4 Å². The van der Waals surface area contributed by atoms with Crippen LogP contribution in [0.25, 0.3) is 0 Å². The molecule has 106 valence electrons. The molecule has 0 aromatic carbocycles. The van der Waals surface area contributed by atoms with E-state index in [9.17, 15) is 9.59 Å². The molecule has 2 N–H and O–H groups in total. The van der Waals surface area contributed by atoms with Gasteiger partial charge in [-0.3, -0.25) is 9.59 Å². The number of carbonyl (C=O) groups is 2. The van der Waals surface area contributed by atoms with E-state index in [-0.39, 0.29) is 30.7 Å². The molecule has 1 aliphatic rings. The van der Waals surface area contributed by atoms with Crippen molar-refractivity contribution in [1.82, 2.24) is 0 Å². The van der Waals surface area contributed by atoms with Gasteiger partial charge in [-0.15, -0.1) is 0 Å². The molecule has 1 aliphatic carbocycles. The van der Waals surface area contributed by atoms with E-state index in [0.717, 1.165) is 12.8 Å². The Morgan fingerprint density at radius 3 is 1.95 bits per heavy atom. The monoisotopic (exact) mass is 264 g/mol. The molecule has 2 atom stereocenters. The first-order valence-corrected chi connectivity index (χ1v) is 6.94. The van der Waals surface area contributed by atoms with E-state index in [1.807, 2.05) is 13.8 Å². The Labute approximate surface area is 127 Å². The summed E-state index contributed by atoms with van der Waals surface area (Å²) in [4.78, 5) is 22.3.